The van der Waals surface area contributed by atoms with Gasteiger partial charge in [-0.1, -0.05) is 6.58 Å². The topological polar surface area (TPSA) is 82.6 Å². The van der Waals surface area contributed by atoms with Crippen LogP contribution in [0.1, 0.15) is 6.92 Å². The van der Waals surface area contributed by atoms with Crippen LogP contribution in [0.5, 0.6) is 0 Å². The lowest BCUT2D eigenvalue weighted by molar-refractivity contribution is -0.142. The summed E-state index contributed by atoms with van der Waals surface area (Å²) in [5.41, 5.74) is 0. The number of hydrogen-bond acceptors (Lipinski definition) is 8. The van der Waals surface area contributed by atoms with Gasteiger partial charge >= 0.3 is 11.9 Å². The first-order valence-corrected chi connectivity index (χ1v) is 7.25. The molecule has 1 N–H and O–H groups in total. The second-order valence-electron chi connectivity index (χ2n) is 5.04. The molecule has 0 aromatic carbocycles. The lowest BCUT2D eigenvalue weighted by Gasteiger charge is -2.41. The summed E-state index contributed by atoms with van der Waals surface area (Å²) in [5.74, 6) is -0.728. The molecule has 0 aliphatic carbocycles. The van der Waals surface area contributed by atoms with Crippen LogP contribution in [0.3, 0.4) is 0 Å². The Labute approximate surface area is 130 Å². The van der Waals surface area contributed by atoms with E-state index in [0.717, 1.165) is 6.08 Å². The smallest absolute Gasteiger partial charge is 0.330 e. The Balaban J connectivity index is 2.40. The maximum atomic E-state index is 11.0. The Morgan fingerprint density at radius 3 is 2.00 bits per heavy atom. The van der Waals surface area contributed by atoms with Crippen molar-refractivity contribution in [2.75, 3.05) is 59.5 Å². The summed E-state index contributed by atoms with van der Waals surface area (Å²) in [6.45, 7) is 9.28. The average Bonchev–Trinajstić information content (AvgIpc) is 2.47. The summed E-state index contributed by atoms with van der Waals surface area (Å²) in [4.78, 5) is 28.1. The number of rotatable bonds is 9. The number of carbonyl (C=O) groups excluding carboxylic acids is 2. The third-order valence-corrected chi connectivity index (χ3v) is 3.15. The average molecular weight is 315 g/mol. The monoisotopic (exact) mass is 315 g/mol. The van der Waals surface area contributed by atoms with Gasteiger partial charge in [0.05, 0.1) is 26.6 Å². The molecule has 0 bridgehead atoms. The minimum absolute atomic E-state index is 0.0804. The van der Waals surface area contributed by atoms with Crippen molar-refractivity contribution in [3.63, 3.8) is 0 Å². The van der Waals surface area contributed by atoms with Gasteiger partial charge in [0, 0.05) is 32.6 Å². The second kappa shape index (κ2) is 10.3. The van der Waals surface area contributed by atoms with Crippen molar-refractivity contribution in [3.8, 4) is 0 Å². The maximum Gasteiger partial charge on any atom is 0.330 e. The van der Waals surface area contributed by atoms with Crippen molar-refractivity contribution in [2.45, 2.75) is 6.92 Å². The first-order valence-electron chi connectivity index (χ1n) is 7.25. The van der Waals surface area contributed by atoms with Gasteiger partial charge in [-0.3, -0.25) is 19.5 Å². The first kappa shape index (κ1) is 18.6. The summed E-state index contributed by atoms with van der Waals surface area (Å²) in [6.07, 6.45) is 1.14. The third-order valence-electron chi connectivity index (χ3n) is 3.15. The van der Waals surface area contributed by atoms with Crippen LogP contribution in [-0.2, 0) is 19.1 Å². The molecule has 1 fully saturated rings. The fourth-order valence-electron chi connectivity index (χ4n) is 2.20. The van der Waals surface area contributed by atoms with Gasteiger partial charge in [-0.15, -0.1) is 0 Å². The molecule has 8 nitrogen and oxygen atoms in total. The van der Waals surface area contributed by atoms with E-state index in [1.54, 1.807) is 0 Å². The molecule has 0 aromatic heterocycles. The van der Waals surface area contributed by atoms with E-state index in [0.29, 0.717) is 46.2 Å². The van der Waals surface area contributed by atoms with Crippen LogP contribution in [0.25, 0.3) is 0 Å². The van der Waals surface area contributed by atoms with Gasteiger partial charge in [-0.05, 0) is 0 Å². The minimum Gasteiger partial charge on any atom is -0.465 e. The van der Waals surface area contributed by atoms with Crippen molar-refractivity contribution in [2.24, 2.45) is 0 Å². The number of ether oxygens (including phenoxy) is 2. The Hall–Kier alpha value is -1.48. The van der Waals surface area contributed by atoms with Crippen molar-refractivity contribution in [3.05, 3.63) is 12.7 Å². The molecule has 22 heavy (non-hydrogen) atoms. The van der Waals surface area contributed by atoms with Gasteiger partial charge in [-0.2, -0.15) is 0 Å². The summed E-state index contributed by atoms with van der Waals surface area (Å²) in [5, 5.41) is 9.09. The van der Waals surface area contributed by atoms with Crippen LogP contribution in [0.2, 0.25) is 0 Å². The molecule has 126 valence electrons. The molecule has 0 aromatic rings. The summed E-state index contributed by atoms with van der Waals surface area (Å²) in [6, 6.07) is 0. The second-order valence-corrected chi connectivity index (χ2v) is 5.04. The number of carbonyl (C=O) groups is 2. The molecule has 0 amide bonds. The maximum absolute atomic E-state index is 11.0. The number of esters is 2. The van der Waals surface area contributed by atoms with E-state index < -0.39 is 5.97 Å². The number of nitrogens with zero attached hydrogens (tertiary/aromatic N) is 3. The van der Waals surface area contributed by atoms with E-state index in [1.807, 2.05) is 0 Å². The summed E-state index contributed by atoms with van der Waals surface area (Å²) < 4.78 is 9.94. The molecular formula is C14H25N3O5. The van der Waals surface area contributed by atoms with Gasteiger partial charge in [0.2, 0.25) is 0 Å². The lowest BCUT2D eigenvalue weighted by atomic mass is 10.4. The van der Waals surface area contributed by atoms with E-state index in [1.165, 1.54) is 6.92 Å². The Bertz CT molecular complexity index is 377. The molecule has 1 aliphatic heterocycles. The van der Waals surface area contributed by atoms with Crippen molar-refractivity contribution < 1.29 is 24.2 Å². The van der Waals surface area contributed by atoms with Gasteiger partial charge < -0.3 is 14.6 Å². The summed E-state index contributed by atoms with van der Waals surface area (Å²) in [7, 11) is 0. The van der Waals surface area contributed by atoms with E-state index in [2.05, 4.69) is 21.3 Å². The van der Waals surface area contributed by atoms with E-state index >= 15 is 0 Å². The highest BCUT2D eigenvalue weighted by Gasteiger charge is 2.22. The number of aliphatic hydroxyl groups excluding tert-OH is 1. The van der Waals surface area contributed by atoms with E-state index in [9.17, 15) is 9.59 Å². The van der Waals surface area contributed by atoms with Gasteiger partial charge in [-0.25, -0.2) is 4.79 Å². The highest BCUT2D eigenvalue weighted by Crippen LogP contribution is 2.07. The molecule has 1 heterocycles. The zero-order valence-corrected chi connectivity index (χ0v) is 13.1. The number of aliphatic hydroxyl groups is 1. The van der Waals surface area contributed by atoms with Gasteiger partial charge in [0.15, 0.2) is 0 Å². The first-order chi connectivity index (χ1) is 10.5. The Morgan fingerprint density at radius 1 is 1.05 bits per heavy atom. The van der Waals surface area contributed by atoms with Gasteiger partial charge in [0.1, 0.15) is 13.2 Å². The molecular weight excluding hydrogens is 290 g/mol. The van der Waals surface area contributed by atoms with Crippen LogP contribution in [0.15, 0.2) is 12.7 Å². The quantitative estimate of drug-likeness (QED) is 0.431. The van der Waals surface area contributed by atoms with E-state index in [-0.39, 0.29) is 19.2 Å². The number of β-amino-alcohol motifs (C(OH)–C–C–N with tert-alkyl or cyclic N) is 1. The minimum atomic E-state index is -0.434. The highest BCUT2D eigenvalue weighted by atomic mass is 16.5. The van der Waals surface area contributed by atoms with Crippen molar-refractivity contribution in [1.82, 2.24) is 14.7 Å². The van der Waals surface area contributed by atoms with Crippen LogP contribution in [0.4, 0.5) is 0 Å². The van der Waals surface area contributed by atoms with Crippen LogP contribution >= 0.6 is 0 Å². The predicted octanol–water partition coefficient (Wildman–Crippen LogP) is -0.937. The summed E-state index contributed by atoms with van der Waals surface area (Å²) >= 11 is 0. The molecule has 8 heteroatoms. The molecule has 1 aliphatic rings. The fourth-order valence-corrected chi connectivity index (χ4v) is 2.20. The van der Waals surface area contributed by atoms with E-state index in [4.69, 9.17) is 14.6 Å². The predicted molar refractivity (Wildman–Crippen MR) is 79.6 cm³/mol. The Kier molecular flexibility index (Phi) is 8.68. The van der Waals surface area contributed by atoms with Crippen LogP contribution < -0.4 is 0 Å². The normalized spacial score (nSPS) is 17.2. The molecule has 0 spiro atoms. The molecule has 1 saturated heterocycles. The SMILES string of the molecule is C=CC(=O)OCCN1CN(CCO)CN(CCOC(C)=O)C1. The molecule has 1 rings (SSSR count). The zero-order valence-electron chi connectivity index (χ0n) is 13.1. The van der Waals surface area contributed by atoms with Crippen LogP contribution in [-0.4, -0.2) is 91.2 Å². The van der Waals surface area contributed by atoms with Crippen molar-refractivity contribution in [1.29, 1.82) is 0 Å². The molecule has 0 saturated carbocycles. The largest absolute Gasteiger partial charge is 0.465 e. The van der Waals surface area contributed by atoms with Gasteiger partial charge in [0.25, 0.3) is 0 Å². The molecule has 0 radical (unpaired) electrons. The number of hydrogen-bond donors (Lipinski definition) is 1. The molecule has 0 unspecified atom stereocenters. The zero-order chi connectivity index (χ0) is 16.4. The Morgan fingerprint density at radius 2 is 1.55 bits per heavy atom. The molecule has 0 atom stereocenters. The third kappa shape index (κ3) is 7.51. The lowest BCUT2D eigenvalue weighted by Crippen LogP contribution is -2.56. The highest BCUT2D eigenvalue weighted by molar-refractivity contribution is 5.81. The van der Waals surface area contributed by atoms with Crippen molar-refractivity contribution >= 4 is 11.9 Å². The van der Waals surface area contributed by atoms with Crippen LogP contribution in [0, 0.1) is 0 Å². The standard InChI is InChI=1S/C14H25N3O5/c1-3-14(20)22-9-6-17-11-15(4-7-18)10-16(12-17)5-8-21-13(2)19/h3,18H,1,4-12H2,2H3. The fraction of sp³-hybridized carbons (Fsp3) is 0.714.